The van der Waals surface area contributed by atoms with Gasteiger partial charge in [-0.25, -0.2) is 0 Å². The number of unbranched alkanes of at least 4 members (excludes halogenated alkanes) is 20. The van der Waals surface area contributed by atoms with Crippen LogP contribution in [0.15, 0.2) is 12.2 Å². The Kier molecular flexibility index (Phi) is 30.1. The second kappa shape index (κ2) is 34.9. The van der Waals surface area contributed by atoms with E-state index in [9.17, 15) is 9.59 Å². The second-order valence-corrected chi connectivity index (χ2v) is 22.1. The number of rotatable bonds is 41. The first-order chi connectivity index (χ1) is 31.4. The van der Waals surface area contributed by atoms with Gasteiger partial charge in [-0.1, -0.05) is 207 Å². The predicted octanol–water partition coefficient (Wildman–Crippen LogP) is 17.3. The number of hydrogen-bond acceptors (Lipinski definition) is 5. The van der Waals surface area contributed by atoms with Gasteiger partial charge in [0, 0.05) is 12.3 Å². The Morgan fingerprint density at radius 3 is 1.44 bits per heavy atom. The molecule has 1 saturated heterocycles. The van der Waals surface area contributed by atoms with Crippen LogP contribution in [0.2, 0.25) is 0 Å². The summed E-state index contributed by atoms with van der Waals surface area (Å²) in [6.45, 7) is 12.0. The van der Waals surface area contributed by atoms with Gasteiger partial charge in [-0.3, -0.25) is 9.59 Å². The van der Waals surface area contributed by atoms with Crippen LogP contribution < -0.4 is 0 Å². The molecule has 5 heteroatoms. The number of carbonyl (C=O) groups is 2. The highest BCUT2D eigenvalue weighted by atomic mass is 16.5. The van der Waals surface area contributed by atoms with E-state index in [2.05, 4.69) is 44.7 Å². The van der Waals surface area contributed by atoms with Crippen molar-refractivity contribution in [2.45, 2.75) is 290 Å². The molecule has 0 N–H and O–H groups in total. The van der Waals surface area contributed by atoms with Crippen LogP contribution in [-0.4, -0.2) is 48.7 Å². The highest BCUT2D eigenvalue weighted by molar-refractivity contribution is 5.73. The van der Waals surface area contributed by atoms with Gasteiger partial charge in [-0.15, -0.1) is 0 Å². The monoisotopic (exact) mass is 894 g/mol. The van der Waals surface area contributed by atoms with Gasteiger partial charge in [0.2, 0.25) is 0 Å². The minimum atomic E-state index is -0.0848. The summed E-state index contributed by atoms with van der Waals surface area (Å²) in [5.74, 6) is 4.63. The number of piperidine rings is 1. The molecule has 1 heterocycles. The first-order valence-electron chi connectivity index (χ1n) is 29.2. The lowest BCUT2D eigenvalue weighted by atomic mass is 9.88. The lowest BCUT2D eigenvalue weighted by Gasteiger charge is -2.31. The fourth-order valence-electron chi connectivity index (χ4n) is 12.1. The van der Waals surface area contributed by atoms with Crippen molar-refractivity contribution >= 4 is 11.9 Å². The van der Waals surface area contributed by atoms with Crippen molar-refractivity contribution in [2.24, 2.45) is 41.4 Å². The molecule has 0 spiro atoms. The molecule has 0 aromatic heterocycles. The van der Waals surface area contributed by atoms with Crippen LogP contribution in [-0.2, 0) is 19.1 Å². The molecule has 1 aliphatic heterocycles. The average Bonchev–Trinajstić information content (AvgIpc) is 4.21. The molecule has 0 amide bonds. The molecule has 4 fully saturated rings. The van der Waals surface area contributed by atoms with E-state index < -0.39 is 0 Å². The first-order valence-corrected chi connectivity index (χ1v) is 29.2. The van der Waals surface area contributed by atoms with Gasteiger partial charge in [-0.2, -0.15) is 0 Å². The third-order valence-electron chi connectivity index (χ3n) is 16.8. The van der Waals surface area contributed by atoms with Gasteiger partial charge in [0.05, 0.1) is 5.92 Å². The number of likely N-dealkylation sites (tertiary alicyclic amines) is 1. The highest BCUT2D eigenvalue weighted by Gasteiger charge is 2.41. The SMILES string of the molecule is CC/C=C\CC1C(CC(=O)OC(CCCCCCCCC2CC2CCCCCCCC)CCCCCCCCC2CC2CCCCCCCC)CCC1OC(=O)C1CCN(CC)CC1. The summed E-state index contributed by atoms with van der Waals surface area (Å²) in [5, 5.41) is 0. The summed E-state index contributed by atoms with van der Waals surface area (Å²) in [6.07, 6.45) is 54.4. The lowest BCUT2D eigenvalue weighted by molar-refractivity contribution is -0.158. The summed E-state index contributed by atoms with van der Waals surface area (Å²) in [4.78, 5) is 29.6. The van der Waals surface area contributed by atoms with Gasteiger partial charge >= 0.3 is 11.9 Å². The van der Waals surface area contributed by atoms with Crippen molar-refractivity contribution in [3.05, 3.63) is 12.2 Å². The standard InChI is InChI=1S/C59H107NO4/c1-5-9-12-14-20-27-33-50-46-52(50)35-29-22-16-18-24-31-37-55(38-32-25-19-17-23-30-36-53-47-51(53)34-28-21-15-13-10-6-2)63-58(61)48-54-40-41-57(56(54)39-26-11-7-3)64-59(62)49-42-44-60(8-4)45-43-49/h11,26,49-57H,5-10,12-25,27-48H2,1-4H3/b26-11-. The van der Waals surface area contributed by atoms with Gasteiger partial charge in [0.15, 0.2) is 0 Å². The van der Waals surface area contributed by atoms with Crippen molar-refractivity contribution < 1.29 is 19.1 Å². The number of allylic oxidation sites excluding steroid dienone is 2. The molecular formula is C59H107NO4. The molecule has 4 aliphatic rings. The third-order valence-corrected chi connectivity index (χ3v) is 16.8. The van der Waals surface area contributed by atoms with E-state index in [1.54, 1.807) is 0 Å². The Morgan fingerprint density at radius 1 is 0.531 bits per heavy atom. The Morgan fingerprint density at radius 2 is 0.984 bits per heavy atom. The first kappa shape index (κ1) is 55.2. The van der Waals surface area contributed by atoms with Crippen LogP contribution in [0.4, 0.5) is 0 Å². The van der Waals surface area contributed by atoms with E-state index in [1.165, 1.54) is 193 Å². The van der Waals surface area contributed by atoms with E-state index in [0.29, 0.717) is 6.42 Å². The zero-order valence-corrected chi connectivity index (χ0v) is 43.1. The molecule has 0 aromatic rings. The fourth-order valence-corrected chi connectivity index (χ4v) is 12.1. The second-order valence-electron chi connectivity index (χ2n) is 22.1. The molecule has 0 bridgehead atoms. The van der Waals surface area contributed by atoms with Crippen LogP contribution in [0.25, 0.3) is 0 Å². The van der Waals surface area contributed by atoms with Crippen molar-refractivity contribution in [2.75, 3.05) is 19.6 Å². The van der Waals surface area contributed by atoms with E-state index in [0.717, 1.165) is 94.7 Å². The largest absolute Gasteiger partial charge is 0.462 e. The van der Waals surface area contributed by atoms with E-state index in [-0.39, 0.29) is 41.9 Å². The minimum Gasteiger partial charge on any atom is -0.462 e. The topological polar surface area (TPSA) is 55.8 Å². The molecule has 3 aliphatic carbocycles. The molecule has 0 radical (unpaired) electrons. The van der Waals surface area contributed by atoms with Crippen LogP contribution in [0.1, 0.15) is 278 Å². The summed E-state index contributed by atoms with van der Waals surface area (Å²) in [6, 6.07) is 0. The average molecular weight is 895 g/mol. The van der Waals surface area contributed by atoms with Gasteiger partial charge in [0.25, 0.3) is 0 Å². The molecule has 372 valence electrons. The van der Waals surface area contributed by atoms with Crippen LogP contribution in [0.3, 0.4) is 0 Å². The molecule has 7 atom stereocenters. The summed E-state index contributed by atoms with van der Waals surface area (Å²) < 4.78 is 12.7. The van der Waals surface area contributed by atoms with E-state index >= 15 is 0 Å². The van der Waals surface area contributed by atoms with Crippen LogP contribution >= 0.6 is 0 Å². The maximum absolute atomic E-state index is 13.8. The molecule has 3 saturated carbocycles. The smallest absolute Gasteiger partial charge is 0.309 e. The van der Waals surface area contributed by atoms with Crippen molar-refractivity contribution in [1.29, 1.82) is 0 Å². The number of nitrogens with zero attached hydrogens (tertiary/aromatic N) is 1. The maximum Gasteiger partial charge on any atom is 0.309 e. The Labute approximate surface area is 398 Å². The van der Waals surface area contributed by atoms with Crippen LogP contribution in [0.5, 0.6) is 0 Å². The quantitative estimate of drug-likeness (QED) is 0.0348. The molecule has 4 rings (SSSR count). The lowest BCUT2D eigenvalue weighted by Crippen LogP contribution is -2.38. The molecule has 64 heavy (non-hydrogen) atoms. The third kappa shape index (κ3) is 24.1. The fraction of sp³-hybridized carbons (Fsp3) is 0.932. The van der Waals surface area contributed by atoms with Gasteiger partial charge in [-0.05, 0) is 126 Å². The molecule has 7 unspecified atom stereocenters. The van der Waals surface area contributed by atoms with E-state index in [1.807, 2.05) is 0 Å². The molecular weight excluding hydrogens is 787 g/mol. The molecule has 5 nitrogen and oxygen atoms in total. The zero-order valence-electron chi connectivity index (χ0n) is 43.1. The molecule has 0 aromatic carbocycles. The number of carbonyl (C=O) groups excluding carboxylic acids is 2. The minimum absolute atomic E-state index is 0.000717. The number of hydrogen-bond donors (Lipinski definition) is 0. The zero-order chi connectivity index (χ0) is 45.5. The predicted molar refractivity (Wildman–Crippen MR) is 273 cm³/mol. The van der Waals surface area contributed by atoms with Crippen molar-refractivity contribution in [3.8, 4) is 0 Å². The van der Waals surface area contributed by atoms with Crippen molar-refractivity contribution in [3.63, 3.8) is 0 Å². The highest BCUT2D eigenvalue weighted by Crippen LogP contribution is 2.47. The Balaban J connectivity index is 1.13. The maximum atomic E-state index is 13.8. The summed E-state index contributed by atoms with van der Waals surface area (Å²) >= 11 is 0. The summed E-state index contributed by atoms with van der Waals surface area (Å²) in [7, 11) is 0. The van der Waals surface area contributed by atoms with Crippen LogP contribution in [0, 0.1) is 41.4 Å². The van der Waals surface area contributed by atoms with Gasteiger partial charge < -0.3 is 14.4 Å². The number of esters is 2. The number of ether oxygens (including phenoxy) is 2. The van der Waals surface area contributed by atoms with Crippen molar-refractivity contribution in [1.82, 2.24) is 4.90 Å². The normalized spacial score (nSPS) is 25.3. The Hall–Kier alpha value is -1.36. The van der Waals surface area contributed by atoms with Gasteiger partial charge in [0.1, 0.15) is 12.2 Å². The summed E-state index contributed by atoms with van der Waals surface area (Å²) in [5.41, 5.74) is 0. The Bertz CT molecular complexity index is 1150. The van der Waals surface area contributed by atoms with E-state index in [4.69, 9.17) is 9.47 Å².